The fraction of sp³-hybridized carbons (Fsp3) is 0.312. The van der Waals surface area contributed by atoms with Crippen LogP contribution >= 0.6 is 24.0 Å². The van der Waals surface area contributed by atoms with E-state index >= 15 is 0 Å². The first kappa shape index (κ1) is 17.5. The van der Waals surface area contributed by atoms with Gasteiger partial charge in [-0.05, 0) is 30.2 Å². The van der Waals surface area contributed by atoms with Gasteiger partial charge in [-0.2, -0.15) is 0 Å². The standard InChI is InChI=1S/C16H17NO4S2/c1-2-3-4-12(15(20)21)17-14(19)13(23-16(17)22)9-10-5-7-11(18)8-6-10/h5-9,12,18H,2-4H2,1H3,(H,20,21)/b13-9-/t12-/m0/s1. The Kier molecular flexibility index (Phi) is 5.79. The number of carbonyl (C=O) groups excluding carboxylic acids is 1. The number of thiocarbonyl (C=S) groups is 1. The normalized spacial score (nSPS) is 17.8. The van der Waals surface area contributed by atoms with E-state index in [2.05, 4.69) is 0 Å². The van der Waals surface area contributed by atoms with E-state index in [1.165, 1.54) is 17.0 Å². The fourth-order valence-corrected chi connectivity index (χ4v) is 3.59. The average molecular weight is 351 g/mol. The number of aromatic hydroxyl groups is 1. The number of aliphatic carboxylic acids is 1. The Hall–Kier alpha value is -1.86. The van der Waals surface area contributed by atoms with Crippen molar-refractivity contribution in [2.45, 2.75) is 32.2 Å². The monoisotopic (exact) mass is 351 g/mol. The lowest BCUT2D eigenvalue weighted by Gasteiger charge is -2.22. The highest BCUT2D eigenvalue weighted by Gasteiger charge is 2.40. The molecule has 5 nitrogen and oxygen atoms in total. The maximum atomic E-state index is 12.5. The summed E-state index contributed by atoms with van der Waals surface area (Å²) in [6.45, 7) is 1.97. The van der Waals surface area contributed by atoms with Crippen molar-refractivity contribution in [3.05, 3.63) is 34.7 Å². The van der Waals surface area contributed by atoms with E-state index in [1.54, 1.807) is 18.2 Å². The molecule has 1 aromatic rings. The fourth-order valence-electron chi connectivity index (χ4n) is 2.23. The molecule has 7 heteroatoms. The molecule has 1 aliphatic rings. The van der Waals surface area contributed by atoms with E-state index in [1.807, 2.05) is 6.92 Å². The molecule has 23 heavy (non-hydrogen) atoms. The van der Waals surface area contributed by atoms with Gasteiger partial charge < -0.3 is 10.2 Å². The van der Waals surface area contributed by atoms with Gasteiger partial charge in [-0.25, -0.2) is 4.79 Å². The largest absolute Gasteiger partial charge is 0.508 e. The van der Waals surface area contributed by atoms with Crippen molar-refractivity contribution in [1.82, 2.24) is 4.90 Å². The van der Waals surface area contributed by atoms with E-state index in [9.17, 15) is 19.8 Å². The minimum Gasteiger partial charge on any atom is -0.508 e. The highest BCUT2D eigenvalue weighted by molar-refractivity contribution is 8.26. The second-order valence-corrected chi connectivity index (χ2v) is 6.82. The number of hydrogen-bond acceptors (Lipinski definition) is 5. The summed E-state index contributed by atoms with van der Waals surface area (Å²) in [6, 6.07) is 5.47. The number of carbonyl (C=O) groups is 2. The Morgan fingerprint density at radius 1 is 1.39 bits per heavy atom. The zero-order valence-corrected chi connectivity index (χ0v) is 14.2. The van der Waals surface area contributed by atoms with Gasteiger partial charge in [-0.15, -0.1) is 0 Å². The first-order valence-electron chi connectivity index (χ1n) is 7.23. The first-order valence-corrected chi connectivity index (χ1v) is 8.45. The molecule has 0 aliphatic carbocycles. The van der Waals surface area contributed by atoms with Gasteiger partial charge in [0.25, 0.3) is 5.91 Å². The third kappa shape index (κ3) is 4.11. The van der Waals surface area contributed by atoms with Crippen LogP contribution in [0.25, 0.3) is 6.08 Å². The number of thioether (sulfide) groups is 1. The van der Waals surface area contributed by atoms with Crippen LogP contribution in [0.3, 0.4) is 0 Å². The summed E-state index contributed by atoms with van der Waals surface area (Å²) in [4.78, 5) is 25.6. The molecule has 1 heterocycles. The minimum atomic E-state index is -1.04. The van der Waals surface area contributed by atoms with Gasteiger partial charge in [0.15, 0.2) is 0 Å². The van der Waals surface area contributed by atoms with Gasteiger partial charge in [0, 0.05) is 0 Å². The summed E-state index contributed by atoms with van der Waals surface area (Å²) in [5.74, 6) is -1.28. The molecule has 0 saturated carbocycles. The summed E-state index contributed by atoms with van der Waals surface area (Å²) in [7, 11) is 0. The molecule has 2 rings (SSSR count). The minimum absolute atomic E-state index is 0.139. The van der Waals surface area contributed by atoms with Crippen LogP contribution in [-0.2, 0) is 9.59 Å². The maximum absolute atomic E-state index is 12.5. The molecule has 0 spiro atoms. The van der Waals surface area contributed by atoms with Crippen LogP contribution in [0.2, 0.25) is 0 Å². The van der Waals surface area contributed by atoms with Gasteiger partial charge in [-0.1, -0.05) is 55.9 Å². The van der Waals surface area contributed by atoms with Crippen molar-refractivity contribution in [1.29, 1.82) is 0 Å². The Labute approximate surface area is 144 Å². The van der Waals surface area contributed by atoms with E-state index < -0.39 is 12.0 Å². The van der Waals surface area contributed by atoms with Crippen molar-refractivity contribution in [2.75, 3.05) is 0 Å². The van der Waals surface area contributed by atoms with Gasteiger partial charge in [-0.3, -0.25) is 9.69 Å². The van der Waals surface area contributed by atoms with Crippen molar-refractivity contribution in [3.63, 3.8) is 0 Å². The lowest BCUT2D eigenvalue weighted by molar-refractivity contribution is -0.145. The van der Waals surface area contributed by atoms with Crippen molar-refractivity contribution in [3.8, 4) is 5.75 Å². The molecule has 0 unspecified atom stereocenters. The maximum Gasteiger partial charge on any atom is 0.326 e. The number of carboxylic acid groups (broad SMARTS) is 1. The Balaban J connectivity index is 2.24. The Morgan fingerprint density at radius 2 is 2.04 bits per heavy atom. The van der Waals surface area contributed by atoms with Crippen LogP contribution in [0.1, 0.15) is 31.7 Å². The van der Waals surface area contributed by atoms with E-state index in [0.29, 0.717) is 17.7 Å². The number of benzene rings is 1. The number of amides is 1. The summed E-state index contributed by atoms with van der Waals surface area (Å²) in [5.41, 5.74) is 0.740. The molecule has 0 radical (unpaired) electrons. The molecule has 1 fully saturated rings. The van der Waals surface area contributed by atoms with Gasteiger partial charge in [0.1, 0.15) is 16.1 Å². The molecular weight excluding hydrogens is 334 g/mol. The van der Waals surface area contributed by atoms with Crippen LogP contribution in [0.15, 0.2) is 29.2 Å². The third-order valence-electron chi connectivity index (χ3n) is 3.44. The SMILES string of the molecule is CCCC[C@@H](C(=O)O)N1C(=O)/C(=C/c2ccc(O)cc2)SC1=S. The quantitative estimate of drug-likeness (QED) is 0.605. The molecule has 1 aliphatic heterocycles. The number of hydrogen-bond donors (Lipinski definition) is 2. The summed E-state index contributed by atoms with van der Waals surface area (Å²) in [6.07, 6.45) is 3.59. The molecule has 2 N–H and O–H groups in total. The molecule has 0 aromatic heterocycles. The van der Waals surface area contributed by atoms with E-state index in [0.717, 1.165) is 23.7 Å². The summed E-state index contributed by atoms with van der Waals surface area (Å²) in [5, 5.41) is 18.7. The lowest BCUT2D eigenvalue weighted by atomic mass is 10.1. The number of rotatable bonds is 6. The average Bonchev–Trinajstić information content (AvgIpc) is 2.77. The topological polar surface area (TPSA) is 77.8 Å². The lowest BCUT2D eigenvalue weighted by Crippen LogP contribution is -2.43. The van der Waals surface area contributed by atoms with Crippen LogP contribution in [0.5, 0.6) is 5.75 Å². The highest BCUT2D eigenvalue weighted by Crippen LogP contribution is 2.35. The number of carboxylic acids is 1. The second kappa shape index (κ2) is 7.61. The molecule has 1 amide bonds. The number of phenols is 1. The highest BCUT2D eigenvalue weighted by atomic mass is 32.2. The molecule has 1 saturated heterocycles. The number of unbranched alkanes of at least 4 members (excludes halogenated alkanes) is 1. The smallest absolute Gasteiger partial charge is 0.326 e. The zero-order valence-electron chi connectivity index (χ0n) is 12.6. The first-order chi connectivity index (χ1) is 10.9. The number of phenolic OH excluding ortho intramolecular Hbond substituents is 1. The van der Waals surface area contributed by atoms with Crippen LogP contribution in [0.4, 0.5) is 0 Å². The molecule has 122 valence electrons. The predicted octanol–water partition coefficient (Wildman–Crippen LogP) is 3.24. The summed E-state index contributed by atoms with van der Waals surface area (Å²) < 4.78 is 0.267. The predicted molar refractivity (Wildman–Crippen MR) is 94.1 cm³/mol. The molecule has 1 aromatic carbocycles. The van der Waals surface area contributed by atoms with Gasteiger partial charge >= 0.3 is 5.97 Å². The second-order valence-electron chi connectivity index (χ2n) is 5.14. The summed E-state index contributed by atoms with van der Waals surface area (Å²) >= 11 is 6.30. The van der Waals surface area contributed by atoms with Crippen molar-refractivity contribution < 1.29 is 19.8 Å². The van der Waals surface area contributed by atoms with Crippen LogP contribution in [-0.4, -0.2) is 37.4 Å². The molecule has 0 bridgehead atoms. The zero-order chi connectivity index (χ0) is 17.0. The Morgan fingerprint density at radius 3 is 2.61 bits per heavy atom. The van der Waals surface area contributed by atoms with Crippen molar-refractivity contribution in [2.24, 2.45) is 0 Å². The Bertz CT molecular complexity index is 655. The van der Waals surface area contributed by atoms with Gasteiger partial charge in [0.05, 0.1) is 4.91 Å². The van der Waals surface area contributed by atoms with Crippen LogP contribution < -0.4 is 0 Å². The van der Waals surface area contributed by atoms with E-state index in [-0.39, 0.29) is 16.0 Å². The van der Waals surface area contributed by atoms with Crippen molar-refractivity contribution >= 4 is 46.3 Å². The molecular formula is C16H17NO4S2. The third-order valence-corrected chi connectivity index (χ3v) is 4.77. The van der Waals surface area contributed by atoms with E-state index in [4.69, 9.17) is 12.2 Å². The van der Waals surface area contributed by atoms with Crippen LogP contribution in [0, 0.1) is 0 Å². The molecule has 1 atom stereocenters. The number of nitrogens with zero attached hydrogens (tertiary/aromatic N) is 1. The van der Waals surface area contributed by atoms with Gasteiger partial charge in [0.2, 0.25) is 0 Å².